The highest BCUT2D eigenvalue weighted by molar-refractivity contribution is 5.72. The number of halogens is 2. The van der Waals surface area contributed by atoms with E-state index in [0.29, 0.717) is 5.01 Å². The first-order valence-corrected chi connectivity index (χ1v) is 2.58. The predicted octanol–water partition coefficient (Wildman–Crippen LogP) is -0.233. The largest absolute Gasteiger partial charge is 0.331 e. The van der Waals surface area contributed by atoms with Crippen LogP contribution in [-0.2, 0) is 0 Å². The second-order valence-corrected chi connectivity index (χ2v) is 1.69. The number of urea groups is 1. The maximum atomic E-state index is 11.4. The number of alkyl halides is 2. The van der Waals surface area contributed by atoms with E-state index in [2.05, 4.69) is 0 Å². The summed E-state index contributed by atoms with van der Waals surface area (Å²) >= 11 is 0. The van der Waals surface area contributed by atoms with Crippen molar-refractivity contribution in [2.24, 2.45) is 5.84 Å². The Hall–Kier alpha value is -0.910. The highest BCUT2D eigenvalue weighted by atomic mass is 19.3. The molecule has 0 aromatic carbocycles. The molecule has 0 saturated carbocycles. The lowest BCUT2D eigenvalue weighted by molar-refractivity contribution is 0.141. The number of hydrogen-bond donors (Lipinski definition) is 2. The van der Waals surface area contributed by atoms with E-state index < -0.39 is 19.0 Å². The van der Waals surface area contributed by atoms with Gasteiger partial charge in [-0.05, 0) is 0 Å². The van der Waals surface area contributed by atoms with E-state index in [9.17, 15) is 13.6 Å². The van der Waals surface area contributed by atoms with E-state index in [0.717, 1.165) is 0 Å². The van der Waals surface area contributed by atoms with Gasteiger partial charge in [-0.2, -0.15) is 0 Å². The Morgan fingerprint density at radius 2 is 2.30 bits per heavy atom. The second-order valence-electron chi connectivity index (χ2n) is 1.69. The third-order valence-corrected chi connectivity index (χ3v) is 0.728. The topological polar surface area (TPSA) is 58.4 Å². The fraction of sp³-hybridized carbons (Fsp3) is 0.750. The summed E-state index contributed by atoms with van der Waals surface area (Å²) in [5.74, 6) is 4.90. The molecule has 0 saturated heterocycles. The van der Waals surface area contributed by atoms with E-state index in [-0.39, 0.29) is 0 Å². The minimum absolute atomic E-state index is 0.666. The van der Waals surface area contributed by atoms with Crippen molar-refractivity contribution in [1.29, 1.82) is 0 Å². The standard InChI is InChI=1S/C4H9F2N3O/c1-9(7)4(10)8-2-3(5)6/h3H,2,7H2,1H3,(H,8,10). The number of nitrogens with one attached hydrogen (secondary N) is 1. The van der Waals surface area contributed by atoms with Gasteiger partial charge in [-0.3, -0.25) is 5.01 Å². The lowest BCUT2D eigenvalue weighted by Gasteiger charge is -2.10. The second kappa shape index (κ2) is 3.99. The Kier molecular flexibility index (Phi) is 3.63. The van der Waals surface area contributed by atoms with Crippen LogP contribution in [0.1, 0.15) is 0 Å². The predicted molar refractivity (Wildman–Crippen MR) is 31.4 cm³/mol. The van der Waals surface area contributed by atoms with Crippen LogP contribution in [0.25, 0.3) is 0 Å². The Morgan fingerprint density at radius 3 is 2.60 bits per heavy atom. The summed E-state index contributed by atoms with van der Waals surface area (Å²) in [6.07, 6.45) is -2.54. The van der Waals surface area contributed by atoms with Crippen molar-refractivity contribution in [2.75, 3.05) is 13.6 Å². The summed E-state index contributed by atoms with van der Waals surface area (Å²) in [5, 5.41) is 2.59. The highest BCUT2D eigenvalue weighted by Crippen LogP contribution is 1.87. The van der Waals surface area contributed by atoms with Crippen molar-refractivity contribution in [3.05, 3.63) is 0 Å². The van der Waals surface area contributed by atoms with Crippen LogP contribution < -0.4 is 11.2 Å². The molecule has 0 aromatic heterocycles. The Labute approximate surface area is 56.9 Å². The van der Waals surface area contributed by atoms with E-state index in [4.69, 9.17) is 5.84 Å². The molecule has 0 bridgehead atoms. The molecule has 0 rings (SSSR count). The molecule has 60 valence electrons. The van der Waals surface area contributed by atoms with Crippen LogP contribution in [-0.4, -0.2) is 31.1 Å². The van der Waals surface area contributed by atoms with Gasteiger partial charge in [0, 0.05) is 7.05 Å². The van der Waals surface area contributed by atoms with Crippen molar-refractivity contribution in [3.63, 3.8) is 0 Å². The van der Waals surface area contributed by atoms with Gasteiger partial charge < -0.3 is 5.32 Å². The molecule has 0 aromatic rings. The molecule has 2 amide bonds. The SMILES string of the molecule is CN(N)C(=O)NCC(F)F. The van der Waals surface area contributed by atoms with Gasteiger partial charge in [0.05, 0.1) is 6.54 Å². The van der Waals surface area contributed by atoms with Gasteiger partial charge in [-0.25, -0.2) is 19.4 Å². The summed E-state index contributed by atoms with van der Waals surface area (Å²) < 4.78 is 22.8. The number of amides is 2. The van der Waals surface area contributed by atoms with Gasteiger partial charge in [-0.15, -0.1) is 0 Å². The number of hydrogen-bond acceptors (Lipinski definition) is 2. The molecule has 0 aliphatic heterocycles. The fourth-order valence-corrected chi connectivity index (χ4v) is 0.289. The van der Waals surface area contributed by atoms with E-state index >= 15 is 0 Å². The van der Waals surface area contributed by atoms with Gasteiger partial charge >= 0.3 is 6.03 Å². The van der Waals surface area contributed by atoms with Crippen molar-refractivity contribution in [1.82, 2.24) is 10.3 Å². The van der Waals surface area contributed by atoms with Crippen molar-refractivity contribution < 1.29 is 13.6 Å². The average Bonchev–Trinajstić information content (AvgIpc) is 1.82. The Bertz CT molecular complexity index is 117. The van der Waals surface area contributed by atoms with Crippen LogP contribution in [0.15, 0.2) is 0 Å². The summed E-state index contributed by atoms with van der Waals surface area (Å²) in [5.41, 5.74) is 0. The minimum atomic E-state index is -2.54. The zero-order valence-corrected chi connectivity index (χ0v) is 5.47. The van der Waals surface area contributed by atoms with Gasteiger partial charge in [0.15, 0.2) is 0 Å². The first-order chi connectivity index (χ1) is 4.54. The molecule has 0 aliphatic rings. The molecule has 10 heavy (non-hydrogen) atoms. The molecule has 0 spiro atoms. The number of carbonyl (C=O) groups excluding carboxylic acids is 1. The number of hydrazine groups is 1. The summed E-state index contributed by atoms with van der Waals surface area (Å²) in [6.45, 7) is -0.666. The van der Waals surface area contributed by atoms with Gasteiger partial charge in [-0.1, -0.05) is 0 Å². The van der Waals surface area contributed by atoms with Crippen molar-refractivity contribution in [2.45, 2.75) is 6.43 Å². The van der Waals surface area contributed by atoms with Gasteiger partial charge in [0.1, 0.15) is 0 Å². The zero-order valence-electron chi connectivity index (χ0n) is 5.47. The molecule has 4 nitrogen and oxygen atoms in total. The fourth-order valence-electron chi connectivity index (χ4n) is 0.289. The van der Waals surface area contributed by atoms with E-state index in [1.54, 1.807) is 0 Å². The number of rotatable bonds is 2. The van der Waals surface area contributed by atoms with E-state index in [1.807, 2.05) is 5.32 Å². The monoisotopic (exact) mass is 153 g/mol. The van der Waals surface area contributed by atoms with Crippen molar-refractivity contribution in [3.8, 4) is 0 Å². The zero-order chi connectivity index (χ0) is 8.15. The normalized spacial score (nSPS) is 9.70. The smallest absolute Gasteiger partial charge is 0.331 e. The summed E-state index contributed by atoms with van der Waals surface area (Å²) in [4.78, 5) is 10.4. The van der Waals surface area contributed by atoms with Crippen LogP contribution in [0.4, 0.5) is 13.6 Å². The molecular formula is C4H9F2N3O. The maximum Gasteiger partial charge on any atom is 0.331 e. The quantitative estimate of drug-likeness (QED) is 0.327. The third kappa shape index (κ3) is 4.02. The first-order valence-electron chi connectivity index (χ1n) is 2.58. The number of nitrogens with two attached hydrogens (primary N) is 1. The molecule has 0 atom stereocenters. The highest BCUT2D eigenvalue weighted by Gasteiger charge is 2.06. The van der Waals surface area contributed by atoms with E-state index in [1.165, 1.54) is 7.05 Å². The molecule has 3 N–H and O–H groups in total. The van der Waals surface area contributed by atoms with Crippen LogP contribution in [0.3, 0.4) is 0 Å². The van der Waals surface area contributed by atoms with Gasteiger partial charge in [0.25, 0.3) is 6.43 Å². The molecule has 0 unspecified atom stereocenters. The summed E-state index contributed by atoms with van der Waals surface area (Å²) in [6, 6.07) is -0.722. The van der Waals surface area contributed by atoms with Gasteiger partial charge in [0.2, 0.25) is 0 Å². The maximum absolute atomic E-state index is 11.4. The molecule has 0 heterocycles. The van der Waals surface area contributed by atoms with Crippen molar-refractivity contribution >= 4 is 6.03 Å². The first kappa shape index (κ1) is 9.09. The third-order valence-electron chi connectivity index (χ3n) is 0.728. The summed E-state index contributed by atoms with van der Waals surface area (Å²) in [7, 11) is 1.26. The lowest BCUT2D eigenvalue weighted by Crippen LogP contribution is -2.43. The molecule has 0 aliphatic carbocycles. The molecule has 6 heteroatoms. The minimum Gasteiger partial charge on any atom is -0.331 e. The van der Waals surface area contributed by atoms with Crippen LogP contribution in [0, 0.1) is 0 Å². The van der Waals surface area contributed by atoms with Crippen LogP contribution >= 0.6 is 0 Å². The average molecular weight is 153 g/mol. The number of nitrogens with zero attached hydrogens (tertiary/aromatic N) is 1. The lowest BCUT2D eigenvalue weighted by atomic mass is 10.7. The van der Waals surface area contributed by atoms with Crippen LogP contribution in [0.5, 0.6) is 0 Å². The van der Waals surface area contributed by atoms with Crippen LogP contribution in [0.2, 0.25) is 0 Å². The number of carbonyl (C=O) groups is 1. The Balaban J connectivity index is 3.40. The Morgan fingerprint density at radius 1 is 1.80 bits per heavy atom. The molecule has 0 radical (unpaired) electrons. The molecular weight excluding hydrogens is 144 g/mol. The molecule has 0 fully saturated rings.